The van der Waals surface area contributed by atoms with Gasteiger partial charge in [-0.15, -0.1) is 11.3 Å². The van der Waals surface area contributed by atoms with Gasteiger partial charge in [0.05, 0.1) is 20.7 Å². The van der Waals surface area contributed by atoms with Crippen molar-refractivity contribution < 1.29 is 0 Å². The molecule has 4 nitrogen and oxygen atoms in total. The fourth-order valence-electron chi connectivity index (χ4n) is 1.61. The Kier molecular flexibility index (Phi) is 3.07. The molecule has 0 saturated carbocycles. The Labute approximate surface area is 117 Å². The Morgan fingerprint density at radius 2 is 2.21 bits per heavy atom. The Morgan fingerprint density at radius 1 is 1.32 bits per heavy atom. The molecule has 0 radical (unpaired) electrons. The molecule has 19 heavy (non-hydrogen) atoms. The van der Waals surface area contributed by atoms with E-state index in [4.69, 9.17) is 11.0 Å². The average Bonchev–Trinajstić information content (AvgIpc) is 2.80. The van der Waals surface area contributed by atoms with Crippen molar-refractivity contribution >= 4 is 39.0 Å². The number of nitrogens with two attached hydrogens (primary N) is 1. The third-order valence-electron chi connectivity index (χ3n) is 2.50. The molecule has 0 unspecified atom stereocenters. The van der Waals surface area contributed by atoms with E-state index in [9.17, 15) is 0 Å². The maximum atomic E-state index is 9.05. The lowest BCUT2D eigenvalue weighted by atomic mass is 10.3. The van der Waals surface area contributed by atoms with Gasteiger partial charge in [0.25, 0.3) is 0 Å². The molecule has 6 heteroatoms. The highest BCUT2D eigenvalue weighted by molar-refractivity contribution is 8.01. The highest BCUT2D eigenvalue weighted by atomic mass is 32.2. The summed E-state index contributed by atoms with van der Waals surface area (Å²) in [5.41, 5.74) is 8.01. The minimum atomic E-state index is 0.610. The molecule has 2 N–H and O–H groups in total. The molecule has 0 bridgehead atoms. The number of nitrogens with zero attached hydrogens (tertiary/aromatic N) is 3. The number of aromatic nitrogens is 2. The molecule has 0 saturated heterocycles. The fourth-order valence-corrected chi connectivity index (χ4v) is 3.73. The van der Waals surface area contributed by atoms with Crippen molar-refractivity contribution in [3.8, 4) is 6.07 Å². The topological polar surface area (TPSA) is 75.6 Å². The number of pyridine rings is 1. The van der Waals surface area contributed by atoms with Crippen LogP contribution in [0.3, 0.4) is 0 Å². The van der Waals surface area contributed by atoms with Crippen molar-refractivity contribution in [1.29, 1.82) is 5.26 Å². The number of hydrogen-bond donors (Lipinski definition) is 1. The van der Waals surface area contributed by atoms with E-state index in [1.165, 1.54) is 11.8 Å². The van der Waals surface area contributed by atoms with E-state index < -0.39 is 0 Å². The van der Waals surface area contributed by atoms with Gasteiger partial charge < -0.3 is 5.73 Å². The molecule has 0 spiro atoms. The van der Waals surface area contributed by atoms with E-state index in [0.29, 0.717) is 5.56 Å². The second kappa shape index (κ2) is 4.88. The number of nitriles is 1. The summed E-state index contributed by atoms with van der Waals surface area (Å²) in [7, 11) is 0. The Bertz CT molecular complexity index is 789. The van der Waals surface area contributed by atoms with Crippen LogP contribution in [0.5, 0.6) is 0 Å². The lowest BCUT2D eigenvalue weighted by molar-refractivity contribution is 1.20. The van der Waals surface area contributed by atoms with Crippen molar-refractivity contribution in [2.45, 2.75) is 9.24 Å². The van der Waals surface area contributed by atoms with Crippen LogP contribution in [0.15, 0.2) is 45.9 Å². The average molecular weight is 284 g/mol. The van der Waals surface area contributed by atoms with Crippen molar-refractivity contribution in [3.05, 3.63) is 42.2 Å². The molecule has 0 aliphatic rings. The van der Waals surface area contributed by atoms with E-state index in [0.717, 1.165) is 25.1 Å². The first-order valence-corrected chi connectivity index (χ1v) is 7.07. The molecule has 3 aromatic rings. The molecular formula is C13H8N4S2. The number of benzene rings is 1. The summed E-state index contributed by atoms with van der Waals surface area (Å²) in [6, 6.07) is 9.50. The molecule has 0 aliphatic carbocycles. The summed E-state index contributed by atoms with van der Waals surface area (Å²) in [6.45, 7) is 0. The normalized spacial score (nSPS) is 10.5. The van der Waals surface area contributed by atoms with Gasteiger partial charge in [0.1, 0.15) is 6.07 Å². The number of anilines is 1. The number of rotatable bonds is 2. The second-order valence-electron chi connectivity index (χ2n) is 3.79. The first-order chi connectivity index (χ1) is 9.26. The van der Waals surface area contributed by atoms with Crippen LogP contribution in [0.1, 0.15) is 5.56 Å². The minimum Gasteiger partial charge on any atom is -0.399 e. The molecule has 0 aliphatic heterocycles. The minimum absolute atomic E-state index is 0.610. The van der Waals surface area contributed by atoms with E-state index in [1.54, 1.807) is 29.8 Å². The lowest BCUT2D eigenvalue weighted by Gasteiger charge is -1.98. The van der Waals surface area contributed by atoms with Gasteiger partial charge >= 0.3 is 0 Å². The maximum absolute atomic E-state index is 9.05. The largest absolute Gasteiger partial charge is 0.399 e. The first-order valence-electron chi connectivity index (χ1n) is 5.44. The summed E-state index contributed by atoms with van der Waals surface area (Å²) < 4.78 is 1.93. The molecular weight excluding hydrogens is 276 g/mol. The molecule has 0 atom stereocenters. The highest BCUT2D eigenvalue weighted by Crippen LogP contribution is 2.35. The van der Waals surface area contributed by atoms with Crippen molar-refractivity contribution in [1.82, 2.24) is 9.97 Å². The van der Waals surface area contributed by atoms with Crippen LogP contribution in [-0.4, -0.2) is 9.97 Å². The molecule has 92 valence electrons. The predicted octanol–water partition coefficient (Wildman–Crippen LogP) is 3.30. The van der Waals surface area contributed by atoms with Crippen molar-refractivity contribution in [2.24, 2.45) is 0 Å². The highest BCUT2D eigenvalue weighted by Gasteiger charge is 2.09. The number of thiazole rings is 1. The van der Waals surface area contributed by atoms with Crippen LogP contribution >= 0.6 is 23.1 Å². The van der Waals surface area contributed by atoms with Crippen molar-refractivity contribution in [3.63, 3.8) is 0 Å². The first kappa shape index (κ1) is 12.0. The van der Waals surface area contributed by atoms with Crippen LogP contribution in [-0.2, 0) is 0 Å². The molecule has 2 aromatic heterocycles. The van der Waals surface area contributed by atoms with E-state index in [1.807, 2.05) is 18.2 Å². The molecule has 2 heterocycles. The molecule has 1 aromatic carbocycles. The molecule has 3 rings (SSSR count). The predicted molar refractivity (Wildman–Crippen MR) is 77.1 cm³/mol. The zero-order valence-corrected chi connectivity index (χ0v) is 11.3. The fraction of sp³-hybridized carbons (Fsp3) is 0. The monoisotopic (exact) mass is 284 g/mol. The van der Waals surface area contributed by atoms with E-state index in [-0.39, 0.29) is 0 Å². The third kappa shape index (κ3) is 2.38. The Hall–Kier alpha value is -2.10. The van der Waals surface area contributed by atoms with Crippen LogP contribution in [0, 0.1) is 11.3 Å². The van der Waals surface area contributed by atoms with Gasteiger partial charge in [-0.2, -0.15) is 5.26 Å². The number of fused-ring (bicyclic) bond motifs is 1. The second-order valence-corrected chi connectivity index (χ2v) is 6.11. The SMILES string of the molecule is N#Cc1ccncc1Sc1nc2ccc(N)cc2s1. The summed E-state index contributed by atoms with van der Waals surface area (Å²) in [4.78, 5) is 9.37. The van der Waals surface area contributed by atoms with Gasteiger partial charge in [-0.1, -0.05) is 11.8 Å². The summed E-state index contributed by atoms with van der Waals surface area (Å²) >= 11 is 3.01. The van der Waals surface area contributed by atoms with Gasteiger partial charge in [0.2, 0.25) is 0 Å². The van der Waals surface area contributed by atoms with Gasteiger partial charge in [-0.05, 0) is 24.3 Å². The van der Waals surface area contributed by atoms with Gasteiger partial charge in [-0.3, -0.25) is 4.98 Å². The van der Waals surface area contributed by atoms with E-state index >= 15 is 0 Å². The Morgan fingerprint density at radius 3 is 3.05 bits per heavy atom. The van der Waals surface area contributed by atoms with Gasteiger partial charge in [0.15, 0.2) is 4.34 Å². The smallest absolute Gasteiger partial charge is 0.156 e. The zero-order valence-electron chi connectivity index (χ0n) is 9.70. The standard InChI is InChI=1S/C13H8N4S2/c14-6-8-3-4-16-7-12(8)19-13-17-10-2-1-9(15)5-11(10)18-13/h1-5,7H,15H2. The number of nitrogen functional groups attached to an aromatic ring is 1. The van der Waals surface area contributed by atoms with Crippen LogP contribution in [0.2, 0.25) is 0 Å². The molecule has 0 amide bonds. The van der Waals surface area contributed by atoms with E-state index in [2.05, 4.69) is 16.0 Å². The van der Waals surface area contributed by atoms with Gasteiger partial charge in [-0.25, -0.2) is 4.98 Å². The lowest BCUT2D eigenvalue weighted by Crippen LogP contribution is -1.82. The zero-order chi connectivity index (χ0) is 13.2. The summed E-state index contributed by atoms with van der Waals surface area (Å²) in [5, 5.41) is 9.05. The maximum Gasteiger partial charge on any atom is 0.156 e. The molecule has 0 fully saturated rings. The van der Waals surface area contributed by atoms with Crippen LogP contribution in [0.4, 0.5) is 5.69 Å². The number of hydrogen-bond acceptors (Lipinski definition) is 6. The Balaban J connectivity index is 1.99. The van der Waals surface area contributed by atoms with Crippen LogP contribution < -0.4 is 5.73 Å². The van der Waals surface area contributed by atoms with Crippen molar-refractivity contribution in [2.75, 3.05) is 5.73 Å². The summed E-state index contributed by atoms with van der Waals surface area (Å²) in [6.07, 6.45) is 3.30. The van der Waals surface area contributed by atoms with Crippen LogP contribution in [0.25, 0.3) is 10.2 Å². The van der Waals surface area contributed by atoms with Gasteiger partial charge in [0, 0.05) is 18.1 Å². The quantitative estimate of drug-likeness (QED) is 0.731. The summed E-state index contributed by atoms with van der Waals surface area (Å²) in [5.74, 6) is 0. The third-order valence-corrected chi connectivity index (χ3v) is 4.62.